The summed E-state index contributed by atoms with van der Waals surface area (Å²) in [6, 6.07) is 4.19. The van der Waals surface area contributed by atoms with Gasteiger partial charge in [0.05, 0.1) is 5.69 Å². The van der Waals surface area contributed by atoms with Crippen LogP contribution >= 0.6 is 12.2 Å². The highest BCUT2D eigenvalue weighted by Crippen LogP contribution is 2.25. The van der Waals surface area contributed by atoms with Gasteiger partial charge in [0, 0.05) is 18.5 Å². The fraction of sp³-hybridized carbons (Fsp3) is 0.385. The van der Waals surface area contributed by atoms with Crippen LogP contribution in [0.1, 0.15) is 31.2 Å². The number of hydrogen-bond donors (Lipinski definition) is 1. The van der Waals surface area contributed by atoms with Crippen molar-refractivity contribution in [1.82, 2.24) is 0 Å². The van der Waals surface area contributed by atoms with Gasteiger partial charge in [-0.1, -0.05) is 18.6 Å². The van der Waals surface area contributed by atoms with E-state index >= 15 is 0 Å². The molecule has 2 N–H and O–H groups in total. The minimum Gasteiger partial charge on any atom is -0.389 e. The van der Waals surface area contributed by atoms with Crippen LogP contribution in [0.5, 0.6) is 0 Å². The number of nitrogens with zero attached hydrogens (tertiary/aromatic N) is 1. The molecule has 0 saturated carbocycles. The summed E-state index contributed by atoms with van der Waals surface area (Å²) < 4.78 is 13.2. The molecule has 2 rings (SSSR count). The molecule has 0 bridgehead atoms. The molecular weight excluding hydrogens is 251 g/mol. The lowest BCUT2D eigenvalue weighted by molar-refractivity contribution is -0.118. The maximum atomic E-state index is 13.2. The fourth-order valence-electron chi connectivity index (χ4n) is 2.18. The Morgan fingerprint density at radius 1 is 1.33 bits per heavy atom. The molecular formula is C13H15FN2OS. The van der Waals surface area contributed by atoms with Crippen LogP contribution in [0.3, 0.4) is 0 Å². The highest BCUT2D eigenvalue weighted by molar-refractivity contribution is 7.80. The van der Waals surface area contributed by atoms with E-state index in [9.17, 15) is 9.18 Å². The van der Waals surface area contributed by atoms with Crippen molar-refractivity contribution in [2.45, 2.75) is 25.7 Å². The maximum absolute atomic E-state index is 13.2. The van der Waals surface area contributed by atoms with Crippen LogP contribution in [0.2, 0.25) is 0 Å². The molecule has 0 aromatic heterocycles. The number of carbonyl (C=O) groups is 1. The van der Waals surface area contributed by atoms with Crippen molar-refractivity contribution in [1.29, 1.82) is 0 Å². The van der Waals surface area contributed by atoms with Crippen molar-refractivity contribution >= 4 is 28.8 Å². The van der Waals surface area contributed by atoms with Crippen LogP contribution in [-0.4, -0.2) is 17.4 Å². The van der Waals surface area contributed by atoms with Gasteiger partial charge >= 0.3 is 0 Å². The first-order valence-electron chi connectivity index (χ1n) is 5.99. The Morgan fingerprint density at radius 3 is 2.83 bits per heavy atom. The molecule has 18 heavy (non-hydrogen) atoms. The Labute approximate surface area is 111 Å². The Balaban J connectivity index is 2.42. The molecule has 1 aliphatic rings. The van der Waals surface area contributed by atoms with E-state index < -0.39 is 5.82 Å². The van der Waals surface area contributed by atoms with E-state index in [2.05, 4.69) is 0 Å². The van der Waals surface area contributed by atoms with Crippen molar-refractivity contribution in [2.24, 2.45) is 5.73 Å². The van der Waals surface area contributed by atoms with Crippen LogP contribution in [0.4, 0.5) is 10.1 Å². The summed E-state index contributed by atoms with van der Waals surface area (Å²) in [6.07, 6.45) is 3.40. The summed E-state index contributed by atoms with van der Waals surface area (Å²) in [5, 5.41) is 0. The van der Waals surface area contributed by atoms with Crippen LogP contribution in [0, 0.1) is 5.82 Å². The molecule has 1 aromatic rings. The standard InChI is InChI=1S/C13H15FN2OS/c14-9-5-6-11(10(8-9)13(15)18)16-7-3-1-2-4-12(16)17/h5-6,8H,1-4,7H2,(H2,15,18). The molecule has 0 spiro atoms. The summed E-state index contributed by atoms with van der Waals surface area (Å²) >= 11 is 4.92. The van der Waals surface area contributed by atoms with E-state index in [1.807, 2.05) is 0 Å². The lowest BCUT2D eigenvalue weighted by Gasteiger charge is -2.23. The number of amides is 1. The van der Waals surface area contributed by atoms with Gasteiger partial charge in [-0.25, -0.2) is 4.39 Å². The van der Waals surface area contributed by atoms with E-state index in [1.54, 1.807) is 11.0 Å². The number of benzene rings is 1. The van der Waals surface area contributed by atoms with Gasteiger partial charge in [-0.05, 0) is 31.0 Å². The van der Waals surface area contributed by atoms with Crippen molar-refractivity contribution < 1.29 is 9.18 Å². The molecule has 1 aliphatic heterocycles. The Kier molecular flexibility index (Phi) is 3.91. The Morgan fingerprint density at radius 2 is 2.11 bits per heavy atom. The molecule has 1 saturated heterocycles. The van der Waals surface area contributed by atoms with Gasteiger partial charge in [-0.15, -0.1) is 0 Å². The second kappa shape index (κ2) is 5.44. The topological polar surface area (TPSA) is 46.3 Å². The minimum atomic E-state index is -0.399. The first kappa shape index (κ1) is 13.0. The fourth-order valence-corrected chi connectivity index (χ4v) is 2.34. The summed E-state index contributed by atoms with van der Waals surface area (Å²) in [4.78, 5) is 13.8. The highest BCUT2D eigenvalue weighted by atomic mass is 32.1. The lowest BCUT2D eigenvalue weighted by atomic mass is 10.1. The predicted octanol–water partition coefficient (Wildman–Crippen LogP) is 2.37. The first-order chi connectivity index (χ1) is 8.59. The van der Waals surface area contributed by atoms with Gasteiger partial charge < -0.3 is 10.6 Å². The average molecular weight is 266 g/mol. The number of halogens is 1. The monoisotopic (exact) mass is 266 g/mol. The van der Waals surface area contributed by atoms with Gasteiger partial charge in [0.25, 0.3) is 0 Å². The molecule has 0 unspecified atom stereocenters. The van der Waals surface area contributed by atoms with Crippen molar-refractivity contribution in [3.63, 3.8) is 0 Å². The smallest absolute Gasteiger partial charge is 0.226 e. The van der Waals surface area contributed by atoms with Gasteiger partial charge in [0.15, 0.2) is 0 Å². The third kappa shape index (κ3) is 2.67. The quantitative estimate of drug-likeness (QED) is 0.836. The summed E-state index contributed by atoms with van der Waals surface area (Å²) in [5.74, 6) is -0.347. The van der Waals surface area contributed by atoms with Gasteiger partial charge in [-0.3, -0.25) is 4.79 Å². The third-order valence-electron chi connectivity index (χ3n) is 3.09. The average Bonchev–Trinajstić information content (AvgIpc) is 2.54. The zero-order chi connectivity index (χ0) is 13.1. The van der Waals surface area contributed by atoms with Crippen LogP contribution in [-0.2, 0) is 4.79 Å². The third-order valence-corrected chi connectivity index (χ3v) is 3.31. The molecule has 0 radical (unpaired) electrons. The molecule has 1 fully saturated rings. The summed E-state index contributed by atoms with van der Waals surface area (Å²) in [7, 11) is 0. The normalized spacial score (nSPS) is 16.5. The Hall–Kier alpha value is -1.49. The number of carbonyl (C=O) groups excluding carboxylic acids is 1. The van der Waals surface area contributed by atoms with Crippen molar-refractivity contribution in [3.05, 3.63) is 29.6 Å². The lowest BCUT2D eigenvalue weighted by Crippen LogP contribution is -2.32. The molecule has 0 atom stereocenters. The number of nitrogens with two attached hydrogens (primary N) is 1. The SMILES string of the molecule is NC(=S)c1cc(F)ccc1N1CCCCCC1=O. The second-order valence-corrected chi connectivity index (χ2v) is 4.82. The molecule has 1 amide bonds. The molecule has 1 heterocycles. The zero-order valence-corrected chi connectivity index (χ0v) is 10.8. The largest absolute Gasteiger partial charge is 0.389 e. The first-order valence-corrected chi connectivity index (χ1v) is 6.40. The Bertz CT molecular complexity index is 490. The van der Waals surface area contributed by atoms with E-state index in [1.165, 1.54) is 12.1 Å². The van der Waals surface area contributed by atoms with Gasteiger partial charge in [0.2, 0.25) is 5.91 Å². The molecule has 0 aliphatic carbocycles. The minimum absolute atomic E-state index is 0.0524. The van der Waals surface area contributed by atoms with E-state index in [4.69, 9.17) is 18.0 Å². The van der Waals surface area contributed by atoms with E-state index in [-0.39, 0.29) is 10.9 Å². The second-order valence-electron chi connectivity index (χ2n) is 4.38. The van der Waals surface area contributed by atoms with Crippen LogP contribution < -0.4 is 10.6 Å². The maximum Gasteiger partial charge on any atom is 0.226 e. The number of rotatable bonds is 2. The van der Waals surface area contributed by atoms with Crippen LogP contribution in [0.15, 0.2) is 18.2 Å². The van der Waals surface area contributed by atoms with Crippen LogP contribution in [0.25, 0.3) is 0 Å². The van der Waals surface area contributed by atoms with E-state index in [0.717, 1.165) is 19.3 Å². The zero-order valence-electron chi connectivity index (χ0n) is 9.99. The van der Waals surface area contributed by atoms with E-state index in [0.29, 0.717) is 24.2 Å². The molecule has 1 aromatic carbocycles. The number of thiocarbonyl (C=S) groups is 1. The van der Waals surface area contributed by atoms with Crippen molar-refractivity contribution in [2.75, 3.05) is 11.4 Å². The summed E-state index contributed by atoms with van der Waals surface area (Å²) in [5.41, 5.74) is 6.65. The molecule has 5 heteroatoms. The number of anilines is 1. The highest BCUT2D eigenvalue weighted by Gasteiger charge is 2.21. The van der Waals surface area contributed by atoms with Gasteiger partial charge in [-0.2, -0.15) is 0 Å². The molecule has 3 nitrogen and oxygen atoms in total. The molecule has 96 valence electrons. The predicted molar refractivity (Wildman–Crippen MR) is 73.1 cm³/mol. The summed E-state index contributed by atoms with van der Waals surface area (Å²) in [6.45, 7) is 0.639. The number of hydrogen-bond acceptors (Lipinski definition) is 2. The van der Waals surface area contributed by atoms with Crippen molar-refractivity contribution in [3.8, 4) is 0 Å². The van der Waals surface area contributed by atoms with Gasteiger partial charge in [0.1, 0.15) is 10.8 Å².